The highest BCUT2D eigenvalue weighted by Crippen LogP contribution is 2.39. The van der Waals surface area contributed by atoms with Crippen LogP contribution in [0.3, 0.4) is 0 Å². The molecule has 4 heteroatoms. The van der Waals surface area contributed by atoms with Crippen LogP contribution < -0.4 is 0 Å². The highest BCUT2D eigenvalue weighted by Gasteiger charge is 2.28. The van der Waals surface area contributed by atoms with Crippen LogP contribution in [-0.2, 0) is 15.6 Å². The number of rotatable bonds is 2. The van der Waals surface area contributed by atoms with Crippen LogP contribution in [0.5, 0.6) is 5.75 Å². The van der Waals surface area contributed by atoms with E-state index in [0.29, 0.717) is 16.7 Å². The molecule has 138 valence electrons. The third kappa shape index (κ3) is 4.31. The minimum absolute atomic E-state index is 0.177. The molecule has 0 amide bonds. The summed E-state index contributed by atoms with van der Waals surface area (Å²) in [7, 11) is 0. The Morgan fingerprint density at radius 3 is 1.62 bits per heavy atom. The molecule has 2 aromatic rings. The number of phenols is 1. The fraction of sp³-hybridized carbons (Fsp3) is 0.364. The molecule has 0 spiro atoms. The molecular formula is C22H26O4. The van der Waals surface area contributed by atoms with Gasteiger partial charge in [-0.1, -0.05) is 59.7 Å². The Labute approximate surface area is 154 Å². The monoisotopic (exact) mass is 354 g/mol. The smallest absolute Gasteiger partial charge is 0.346 e. The summed E-state index contributed by atoms with van der Waals surface area (Å²) in [6.45, 7) is 11.7. The van der Waals surface area contributed by atoms with Crippen LogP contribution in [0.1, 0.15) is 73.4 Å². The van der Waals surface area contributed by atoms with Gasteiger partial charge in [0.1, 0.15) is 5.75 Å². The molecule has 0 aliphatic rings. The molecule has 0 bridgehead atoms. The lowest BCUT2D eigenvalue weighted by atomic mass is 9.78. The molecule has 26 heavy (non-hydrogen) atoms. The van der Waals surface area contributed by atoms with Gasteiger partial charge in [-0.05, 0) is 35.1 Å². The molecule has 0 atom stereocenters. The highest BCUT2D eigenvalue weighted by atomic mass is 16.6. The van der Waals surface area contributed by atoms with Gasteiger partial charge in [0.15, 0.2) is 0 Å². The zero-order valence-electron chi connectivity index (χ0n) is 16.2. The lowest BCUT2D eigenvalue weighted by Gasteiger charge is -2.27. The van der Waals surface area contributed by atoms with Gasteiger partial charge in [0.2, 0.25) is 0 Å². The second kappa shape index (κ2) is 6.94. The molecular weight excluding hydrogens is 328 g/mol. The summed E-state index contributed by atoms with van der Waals surface area (Å²) in [5, 5.41) is 10.7. The lowest BCUT2D eigenvalue weighted by Crippen LogP contribution is -2.20. The van der Waals surface area contributed by atoms with Crippen LogP contribution >= 0.6 is 0 Å². The third-order valence-electron chi connectivity index (χ3n) is 4.16. The SMILES string of the molecule is CC(C)(C)c1cc(C(=O)OC(=O)c2ccccc2)cc(C(C)(C)C)c1O. The first-order chi connectivity index (χ1) is 11.9. The van der Waals surface area contributed by atoms with Crippen LogP contribution in [0, 0.1) is 0 Å². The quantitative estimate of drug-likeness (QED) is 0.610. The van der Waals surface area contributed by atoms with Crippen molar-refractivity contribution in [3.05, 3.63) is 64.7 Å². The van der Waals surface area contributed by atoms with Crippen LogP contribution in [0.2, 0.25) is 0 Å². The average molecular weight is 354 g/mol. The Kier molecular flexibility index (Phi) is 5.26. The maximum absolute atomic E-state index is 12.6. The number of phenolic OH excluding ortho intramolecular Hbond substituents is 1. The van der Waals surface area contributed by atoms with Gasteiger partial charge in [-0.25, -0.2) is 9.59 Å². The van der Waals surface area contributed by atoms with Crippen molar-refractivity contribution in [2.24, 2.45) is 0 Å². The van der Waals surface area contributed by atoms with Crippen molar-refractivity contribution < 1.29 is 19.4 Å². The van der Waals surface area contributed by atoms with E-state index in [1.165, 1.54) is 0 Å². The predicted octanol–water partition coefficient (Wildman–Crippen LogP) is 4.98. The van der Waals surface area contributed by atoms with Gasteiger partial charge in [-0.2, -0.15) is 0 Å². The van der Waals surface area contributed by atoms with Crippen molar-refractivity contribution in [2.45, 2.75) is 52.4 Å². The molecule has 0 saturated carbocycles. The fourth-order valence-electron chi connectivity index (χ4n) is 2.67. The molecule has 0 saturated heterocycles. The molecule has 0 aromatic heterocycles. The van der Waals surface area contributed by atoms with E-state index in [2.05, 4.69) is 0 Å². The molecule has 0 radical (unpaired) electrons. The summed E-state index contributed by atoms with van der Waals surface area (Å²) in [6, 6.07) is 11.6. The first-order valence-corrected chi connectivity index (χ1v) is 8.61. The zero-order chi connectivity index (χ0) is 19.7. The second-order valence-corrected chi connectivity index (χ2v) is 8.46. The lowest BCUT2D eigenvalue weighted by molar-refractivity contribution is 0.0397. The number of hydrogen-bond acceptors (Lipinski definition) is 4. The van der Waals surface area contributed by atoms with Crippen LogP contribution in [0.15, 0.2) is 42.5 Å². The minimum atomic E-state index is -0.727. The van der Waals surface area contributed by atoms with Gasteiger partial charge in [-0.15, -0.1) is 0 Å². The van der Waals surface area contributed by atoms with Crippen molar-refractivity contribution in [1.29, 1.82) is 0 Å². The van der Waals surface area contributed by atoms with Gasteiger partial charge in [-0.3, -0.25) is 0 Å². The van der Waals surface area contributed by atoms with Crippen LogP contribution in [0.25, 0.3) is 0 Å². The zero-order valence-corrected chi connectivity index (χ0v) is 16.2. The fourth-order valence-corrected chi connectivity index (χ4v) is 2.67. The summed E-state index contributed by atoms with van der Waals surface area (Å²) in [5.74, 6) is -1.25. The van der Waals surface area contributed by atoms with E-state index in [1.54, 1.807) is 42.5 Å². The number of ether oxygens (including phenoxy) is 1. The number of carbonyl (C=O) groups is 2. The molecule has 0 fully saturated rings. The van der Waals surface area contributed by atoms with Gasteiger partial charge in [0, 0.05) is 11.1 Å². The van der Waals surface area contributed by atoms with Gasteiger partial charge in [0.05, 0.1) is 11.1 Å². The Hall–Kier alpha value is -2.62. The first-order valence-electron chi connectivity index (χ1n) is 8.61. The first kappa shape index (κ1) is 19.7. The Balaban J connectivity index is 2.45. The molecule has 2 aromatic carbocycles. The van der Waals surface area contributed by atoms with E-state index >= 15 is 0 Å². The van der Waals surface area contributed by atoms with Gasteiger partial charge in [0.25, 0.3) is 0 Å². The normalized spacial score (nSPS) is 11.9. The topological polar surface area (TPSA) is 63.6 Å². The van der Waals surface area contributed by atoms with Crippen molar-refractivity contribution in [1.82, 2.24) is 0 Å². The second-order valence-electron chi connectivity index (χ2n) is 8.46. The molecule has 0 heterocycles. The molecule has 0 aliphatic carbocycles. The van der Waals surface area contributed by atoms with E-state index in [1.807, 2.05) is 41.5 Å². The van der Waals surface area contributed by atoms with Crippen LogP contribution in [-0.4, -0.2) is 17.0 Å². The van der Waals surface area contributed by atoms with Crippen molar-refractivity contribution in [3.63, 3.8) is 0 Å². The number of esters is 2. The van der Waals surface area contributed by atoms with Crippen molar-refractivity contribution >= 4 is 11.9 Å². The number of aromatic hydroxyl groups is 1. The van der Waals surface area contributed by atoms with E-state index in [0.717, 1.165) is 0 Å². The van der Waals surface area contributed by atoms with Crippen molar-refractivity contribution in [3.8, 4) is 5.75 Å². The summed E-state index contributed by atoms with van der Waals surface area (Å²) in [6.07, 6.45) is 0. The van der Waals surface area contributed by atoms with E-state index in [4.69, 9.17) is 4.74 Å². The Bertz CT molecular complexity index is 786. The average Bonchev–Trinajstić information content (AvgIpc) is 2.53. The van der Waals surface area contributed by atoms with Gasteiger partial charge >= 0.3 is 11.9 Å². The highest BCUT2D eigenvalue weighted by molar-refractivity contribution is 6.02. The van der Waals surface area contributed by atoms with Crippen LogP contribution in [0.4, 0.5) is 0 Å². The largest absolute Gasteiger partial charge is 0.507 e. The maximum atomic E-state index is 12.6. The minimum Gasteiger partial charge on any atom is -0.507 e. The molecule has 4 nitrogen and oxygen atoms in total. The van der Waals surface area contributed by atoms with Gasteiger partial charge < -0.3 is 9.84 Å². The maximum Gasteiger partial charge on any atom is 0.346 e. The summed E-state index contributed by atoms with van der Waals surface area (Å²) in [5.41, 5.74) is 1.11. The Morgan fingerprint density at radius 1 is 0.769 bits per heavy atom. The standard InChI is InChI=1S/C22H26O4/c1-21(2,3)16-12-15(13-17(18(16)23)22(4,5)6)20(25)26-19(24)14-10-8-7-9-11-14/h7-13,23H,1-6H3. The predicted molar refractivity (Wildman–Crippen MR) is 102 cm³/mol. The third-order valence-corrected chi connectivity index (χ3v) is 4.16. The Morgan fingerprint density at radius 2 is 1.19 bits per heavy atom. The number of hydrogen-bond donors (Lipinski definition) is 1. The summed E-state index contributed by atoms with van der Waals surface area (Å²) < 4.78 is 5.04. The van der Waals surface area contributed by atoms with E-state index < -0.39 is 11.9 Å². The molecule has 1 N–H and O–H groups in total. The number of benzene rings is 2. The molecule has 0 aliphatic heterocycles. The van der Waals surface area contributed by atoms with E-state index in [-0.39, 0.29) is 22.1 Å². The molecule has 2 rings (SSSR count). The summed E-state index contributed by atoms with van der Waals surface area (Å²) in [4.78, 5) is 24.7. The van der Waals surface area contributed by atoms with E-state index in [9.17, 15) is 14.7 Å². The number of carbonyl (C=O) groups excluding carboxylic acids is 2. The summed E-state index contributed by atoms with van der Waals surface area (Å²) >= 11 is 0. The van der Waals surface area contributed by atoms with Crippen molar-refractivity contribution in [2.75, 3.05) is 0 Å². The molecule has 0 unspecified atom stereocenters.